The second-order valence-electron chi connectivity index (χ2n) is 5.47. The van der Waals surface area contributed by atoms with Crippen LogP contribution in [0.2, 0.25) is 0 Å². The van der Waals surface area contributed by atoms with Crippen LogP contribution < -0.4 is 4.74 Å². The molecule has 3 aromatic rings. The van der Waals surface area contributed by atoms with E-state index >= 15 is 0 Å². The molecule has 6 nitrogen and oxygen atoms in total. The first kappa shape index (κ1) is 13.1. The van der Waals surface area contributed by atoms with Crippen molar-refractivity contribution in [2.24, 2.45) is 0 Å². The normalized spacial score (nSPS) is 14.2. The summed E-state index contributed by atoms with van der Waals surface area (Å²) in [4.78, 5) is 4.73. The van der Waals surface area contributed by atoms with Crippen molar-refractivity contribution in [3.05, 3.63) is 54.4 Å². The van der Waals surface area contributed by atoms with Gasteiger partial charge in [0.2, 0.25) is 0 Å². The summed E-state index contributed by atoms with van der Waals surface area (Å²) in [5, 5.41) is 8.96. The van der Waals surface area contributed by atoms with Crippen LogP contribution in [0.15, 0.2) is 42.7 Å². The summed E-state index contributed by atoms with van der Waals surface area (Å²) in [7, 11) is 1.67. The Kier molecular flexibility index (Phi) is 3.14. The lowest BCUT2D eigenvalue weighted by molar-refractivity contribution is 0.414. The lowest BCUT2D eigenvalue weighted by atomic mass is 10.3. The minimum atomic E-state index is 0.524. The van der Waals surface area contributed by atoms with Crippen molar-refractivity contribution in [2.75, 3.05) is 7.11 Å². The van der Waals surface area contributed by atoms with Crippen molar-refractivity contribution in [1.82, 2.24) is 24.5 Å². The Bertz CT molecular complexity index is 756. The van der Waals surface area contributed by atoms with E-state index in [0.717, 1.165) is 23.1 Å². The highest BCUT2D eigenvalue weighted by Gasteiger charge is 2.29. The molecule has 0 saturated heterocycles. The van der Waals surface area contributed by atoms with Crippen LogP contribution in [0.1, 0.15) is 30.4 Å². The topological polar surface area (TPSA) is 57.8 Å². The molecule has 0 N–H and O–H groups in total. The highest BCUT2D eigenvalue weighted by Crippen LogP contribution is 2.38. The van der Waals surface area contributed by atoms with Gasteiger partial charge in [0.1, 0.15) is 12.3 Å². The van der Waals surface area contributed by atoms with Gasteiger partial charge in [0, 0.05) is 18.3 Å². The standard InChI is InChI=1S/C16H17N5O/c1-22-14-7-5-13(6-8-14)21-15(11-20-10-2-9-17-20)18-16(19-21)12-3-4-12/h2,5-10,12H,3-4,11H2,1H3. The Labute approximate surface area is 128 Å². The van der Waals surface area contributed by atoms with Gasteiger partial charge >= 0.3 is 0 Å². The first-order valence-corrected chi connectivity index (χ1v) is 7.41. The van der Waals surface area contributed by atoms with E-state index in [9.17, 15) is 0 Å². The first-order chi connectivity index (χ1) is 10.8. The summed E-state index contributed by atoms with van der Waals surface area (Å²) in [6, 6.07) is 9.78. The SMILES string of the molecule is COc1ccc(-n2nc(C3CC3)nc2Cn2cccn2)cc1. The van der Waals surface area contributed by atoms with Gasteiger partial charge < -0.3 is 4.74 Å². The van der Waals surface area contributed by atoms with E-state index in [4.69, 9.17) is 14.8 Å². The van der Waals surface area contributed by atoms with Crippen molar-refractivity contribution in [1.29, 1.82) is 0 Å². The third-order valence-corrected chi connectivity index (χ3v) is 3.81. The molecule has 0 amide bonds. The van der Waals surface area contributed by atoms with Gasteiger partial charge in [0.25, 0.3) is 0 Å². The van der Waals surface area contributed by atoms with Crippen LogP contribution in [-0.2, 0) is 6.54 Å². The van der Waals surface area contributed by atoms with Crippen LogP contribution in [0.5, 0.6) is 5.75 Å². The quantitative estimate of drug-likeness (QED) is 0.725. The summed E-state index contributed by atoms with van der Waals surface area (Å²) in [6.45, 7) is 0.610. The zero-order valence-electron chi connectivity index (χ0n) is 12.4. The maximum atomic E-state index is 5.21. The zero-order chi connectivity index (χ0) is 14.9. The number of ether oxygens (including phenoxy) is 1. The number of aromatic nitrogens is 5. The fraction of sp³-hybridized carbons (Fsp3) is 0.312. The molecule has 1 aromatic carbocycles. The van der Waals surface area contributed by atoms with Crippen molar-refractivity contribution in [2.45, 2.75) is 25.3 Å². The smallest absolute Gasteiger partial charge is 0.154 e. The Morgan fingerprint density at radius 2 is 2.05 bits per heavy atom. The molecule has 1 saturated carbocycles. The Hall–Kier alpha value is -2.63. The summed E-state index contributed by atoms with van der Waals surface area (Å²) in [5.74, 6) is 3.20. The Balaban J connectivity index is 1.71. The molecule has 1 aliphatic carbocycles. The van der Waals surface area contributed by atoms with Gasteiger partial charge in [-0.25, -0.2) is 9.67 Å². The molecular weight excluding hydrogens is 278 g/mol. The lowest BCUT2D eigenvalue weighted by Gasteiger charge is -2.07. The van der Waals surface area contributed by atoms with Gasteiger partial charge in [-0.2, -0.15) is 10.2 Å². The molecule has 4 rings (SSSR count). The molecule has 0 radical (unpaired) electrons. The van der Waals surface area contributed by atoms with E-state index in [0.29, 0.717) is 12.5 Å². The Morgan fingerprint density at radius 3 is 2.68 bits per heavy atom. The number of benzene rings is 1. The molecule has 6 heteroatoms. The fourth-order valence-corrected chi connectivity index (χ4v) is 2.45. The number of hydrogen-bond donors (Lipinski definition) is 0. The van der Waals surface area contributed by atoms with Crippen LogP contribution in [0.25, 0.3) is 5.69 Å². The van der Waals surface area contributed by atoms with E-state index in [-0.39, 0.29) is 0 Å². The first-order valence-electron chi connectivity index (χ1n) is 7.41. The van der Waals surface area contributed by atoms with Crippen LogP contribution in [0.4, 0.5) is 0 Å². The largest absolute Gasteiger partial charge is 0.497 e. The molecule has 0 unspecified atom stereocenters. The van der Waals surface area contributed by atoms with Gasteiger partial charge in [-0.3, -0.25) is 4.68 Å². The van der Waals surface area contributed by atoms with Crippen molar-refractivity contribution < 1.29 is 4.74 Å². The third-order valence-electron chi connectivity index (χ3n) is 3.81. The molecule has 0 atom stereocenters. The van der Waals surface area contributed by atoms with E-state index in [1.54, 1.807) is 13.3 Å². The summed E-state index contributed by atoms with van der Waals surface area (Å²) >= 11 is 0. The molecule has 1 fully saturated rings. The average Bonchev–Trinajstić information content (AvgIpc) is 3.12. The second kappa shape index (κ2) is 5.29. The summed E-state index contributed by atoms with van der Waals surface area (Å²) in [6.07, 6.45) is 6.08. The zero-order valence-corrected chi connectivity index (χ0v) is 12.4. The number of hydrogen-bond acceptors (Lipinski definition) is 4. The monoisotopic (exact) mass is 295 g/mol. The van der Waals surface area contributed by atoms with E-state index in [1.165, 1.54) is 12.8 Å². The van der Waals surface area contributed by atoms with Gasteiger partial charge in [-0.05, 0) is 43.2 Å². The number of rotatable bonds is 5. The second-order valence-corrected chi connectivity index (χ2v) is 5.47. The predicted molar refractivity (Wildman–Crippen MR) is 81.2 cm³/mol. The lowest BCUT2D eigenvalue weighted by Crippen LogP contribution is -2.08. The minimum absolute atomic E-state index is 0.524. The molecule has 2 aromatic heterocycles. The highest BCUT2D eigenvalue weighted by molar-refractivity contribution is 5.37. The molecular formula is C16H17N5O. The van der Waals surface area contributed by atoms with E-state index in [2.05, 4.69) is 5.10 Å². The Morgan fingerprint density at radius 1 is 1.23 bits per heavy atom. The van der Waals surface area contributed by atoms with Gasteiger partial charge in [-0.15, -0.1) is 0 Å². The molecule has 0 spiro atoms. The number of methoxy groups -OCH3 is 1. The van der Waals surface area contributed by atoms with Gasteiger partial charge in [0.15, 0.2) is 11.6 Å². The van der Waals surface area contributed by atoms with Crippen molar-refractivity contribution in [3.63, 3.8) is 0 Å². The van der Waals surface area contributed by atoms with Crippen LogP contribution in [0.3, 0.4) is 0 Å². The molecule has 22 heavy (non-hydrogen) atoms. The molecule has 0 bridgehead atoms. The van der Waals surface area contributed by atoms with E-state index in [1.807, 2.05) is 45.9 Å². The van der Waals surface area contributed by atoms with Crippen LogP contribution in [0, 0.1) is 0 Å². The summed E-state index contributed by atoms with van der Waals surface area (Å²) < 4.78 is 8.99. The van der Waals surface area contributed by atoms with Crippen LogP contribution in [-0.4, -0.2) is 31.7 Å². The molecule has 1 aliphatic rings. The van der Waals surface area contributed by atoms with Gasteiger partial charge in [-0.1, -0.05) is 0 Å². The third kappa shape index (κ3) is 2.47. The van der Waals surface area contributed by atoms with Crippen molar-refractivity contribution in [3.8, 4) is 11.4 Å². The highest BCUT2D eigenvalue weighted by atomic mass is 16.5. The molecule has 112 valence electrons. The average molecular weight is 295 g/mol. The predicted octanol–water partition coefficient (Wildman–Crippen LogP) is 2.40. The van der Waals surface area contributed by atoms with E-state index < -0.39 is 0 Å². The van der Waals surface area contributed by atoms with Crippen molar-refractivity contribution >= 4 is 0 Å². The fourth-order valence-electron chi connectivity index (χ4n) is 2.45. The summed E-state index contributed by atoms with van der Waals surface area (Å²) in [5.41, 5.74) is 0.988. The van der Waals surface area contributed by atoms with Gasteiger partial charge in [0.05, 0.1) is 12.8 Å². The molecule has 0 aliphatic heterocycles. The molecule has 2 heterocycles. The maximum Gasteiger partial charge on any atom is 0.154 e. The maximum absolute atomic E-state index is 5.21. The number of nitrogens with zero attached hydrogens (tertiary/aromatic N) is 5. The minimum Gasteiger partial charge on any atom is -0.497 e. The van der Waals surface area contributed by atoms with Crippen LogP contribution >= 0.6 is 0 Å².